The molecular formula is C15H20F2N2O3. The highest BCUT2D eigenvalue weighted by molar-refractivity contribution is 5.79. The molecule has 1 unspecified atom stereocenters. The zero-order valence-corrected chi connectivity index (χ0v) is 12.5. The number of rotatable bonds is 6. The highest BCUT2D eigenvalue weighted by atomic mass is 19.1. The minimum atomic E-state index is -1.10. The third-order valence-corrected chi connectivity index (χ3v) is 3.72. The van der Waals surface area contributed by atoms with E-state index in [0.717, 1.165) is 12.1 Å². The third kappa shape index (κ3) is 4.22. The van der Waals surface area contributed by atoms with Crippen molar-refractivity contribution in [3.63, 3.8) is 0 Å². The van der Waals surface area contributed by atoms with Crippen LogP contribution in [0.3, 0.4) is 0 Å². The Balaban J connectivity index is 1.90. The third-order valence-electron chi connectivity index (χ3n) is 3.72. The number of aliphatic hydroxyl groups is 1. The van der Waals surface area contributed by atoms with Crippen LogP contribution in [0, 0.1) is 11.6 Å². The van der Waals surface area contributed by atoms with E-state index in [-0.39, 0.29) is 24.6 Å². The second-order valence-electron chi connectivity index (χ2n) is 5.29. The van der Waals surface area contributed by atoms with E-state index in [1.54, 1.807) is 16.9 Å². The van der Waals surface area contributed by atoms with Crippen molar-refractivity contribution in [2.24, 2.45) is 0 Å². The van der Waals surface area contributed by atoms with Gasteiger partial charge in [-0.3, -0.25) is 9.69 Å². The van der Waals surface area contributed by atoms with Crippen molar-refractivity contribution in [3.05, 3.63) is 35.4 Å². The first-order chi connectivity index (χ1) is 10.5. The average molecular weight is 314 g/mol. The number of hydrogen-bond acceptors (Lipinski definition) is 4. The van der Waals surface area contributed by atoms with Gasteiger partial charge in [0, 0.05) is 44.9 Å². The Morgan fingerprint density at radius 3 is 2.77 bits per heavy atom. The lowest BCUT2D eigenvalue weighted by Crippen LogP contribution is -2.51. The van der Waals surface area contributed by atoms with Crippen LogP contribution in [0.25, 0.3) is 0 Å². The second-order valence-corrected chi connectivity index (χ2v) is 5.29. The molecule has 0 radical (unpaired) electrons. The van der Waals surface area contributed by atoms with Crippen LogP contribution in [0.5, 0.6) is 0 Å². The molecule has 0 aliphatic carbocycles. The molecule has 1 aromatic rings. The molecule has 0 bridgehead atoms. The van der Waals surface area contributed by atoms with E-state index in [2.05, 4.69) is 0 Å². The predicted octanol–water partition coefficient (Wildman–Crippen LogP) is 0.789. The molecule has 1 amide bonds. The lowest BCUT2D eigenvalue weighted by molar-refractivity contribution is -0.137. The summed E-state index contributed by atoms with van der Waals surface area (Å²) in [5.41, 5.74) is 0.0376. The van der Waals surface area contributed by atoms with Gasteiger partial charge in [0.1, 0.15) is 11.6 Å². The Labute approximate surface area is 128 Å². The van der Waals surface area contributed by atoms with Gasteiger partial charge in [0.2, 0.25) is 5.91 Å². The monoisotopic (exact) mass is 314 g/mol. The van der Waals surface area contributed by atoms with Gasteiger partial charge in [-0.1, -0.05) is 6.07 Å². The number of benzene rings is 1. The number of hydrogen-bond donors (Lipinski definition) is 1. The Morgan fingerprint density at radius 1 is 1.36 bits per heavy atom. The van der Waals surface area contributed by atoms with Crippen LogP contribution < -0.4 is 0 Å². The Kier molecular flexibility index (Phi) is 5.82. The van der Waals surface area contributed by atoms with E-state index < -0.39 is 17.7 Å². The first-order valence-corrected chi connectivity index (χ1v) is 7.13. The molecule has 1 atom stereocenters. The Bertz CT molecular complexity index is 528. The van der Waals surface area contributed by atoms with Crippen LogP contribution in [0.15, 0.2) is 18.2 Å². The smallest absolute Gasteiger partial charge is 0.236 e. The summed E-state index contributed by atoms with van der Waals surface area (Å²) in [6.07, 6.45) is -1.10. The maximum absolute atomic E-state index is 13.6. The summed E-state index contributed by atoms with van der Waals surface area (Å²) in [7, 11) is 1.58. The number of methoxy groups -OCH3 is 1. The summed E-state index contributed by atoms with van der Waals surface area (Å²) in [5.74, 6) is -1.51. The highest BCUT2D eigenvalue weighted by Crippen LogP contribution is 2.19. The number of β-amino-alcohol motifs (C(OH)–C–C–N with tert-alkyl or cyclic N) is 1. The van der Waals surface area contributed by atoms with Crippen molar-refractivity contribution in [2.75, 3.05) is 46.4 Å². The zero-order chi connectivity index (χ0) is 16.1. The molecular weight excluding hydrogens is 294 g/mol. The molecule has 0 spiro atoms. The first kappa shape index (κ1) is 16.8. The number of piperazine rings is 1. The van der Waals surface area contributed by atoms with E-state index in [1.807, 2.05) is 0 Å². The Hall–Kier alpha value is -1.57. The summed E-state index contributed by atoms with van der Waals surface area (Å²) in [5, 5.41) is 10.1. The number of aliphatic hydroxyl groups excluding tert-OH is 1. The van der Waals surface area contributed by atoms with Gasteiger partial charge in [-0.15, -0.1) is 0 Å². The van der Waals surface area contributed by atoms with E-state index in [0.29, 0.717) is 26.2 Å². The minimum Gasteiger partial charge on any atom is -0.387 e. The molecule has 7 heteroatoms. The van der Waals surface area contributed by atoms with Crippen LogP contribution in [0.4, 0.5) is 8.78 Å². The summed E-state index contributed by atoms with van der Waals surface area (Å²) in [6.45, 7) is 2.46. The molecule has 1 N–H and O–H groups in total. The second kappa shape index (κ2) is 7.62. The van der Waals surface area contributed by atoms with E-state index >= 15 is 0 Å². The quantitative estimate of drug-likeness (QED) is 0.843. The lowest BCUT2D eigenvalue weighted by atomic mass is 10.1. The molecule has 0 saturated carbocycles. The number of ether oxygens (including phenoxy) is 1. The average Bonchev–Trinajstić information content (AvgIpc) is 2.46. The molecule has 1 fully saturated rings. The predicted molar refractivity (Wildman–Crippen MR) is 76.2 cm³/mol. The number of carbonyl (C=O) groups is 1. The zero-order valence-electron chi connectivity index (χ0n) is 12.5. The van der Waals surface area contributed by atoms with Crippen molar-refractivity contribution in [1.29, 1.82) is 0 Å². The highest BCUT2D eigenvalue weighted by Gasteiger charge is 2.26. The van der Waals surface area contributed by atoms with Crippen LogP contribution in [-0.4, -0.2) is 67.3 Å². The van der Waals surface area contributed by atoms with Crippen LogP contribution in [-0.2, 0) is 9.53 Å². The van der Waals surface area contributed by atoms with E-state index in [4.69, 9.17) is 4.74 Å². The van der Waals surface area contributed by atoms with Gasteiger partial charge in [-0.05, 0) is 6.07 Å². The molecule has 1 aromatic carbocycles. The van der Waals surface area contributed by atoms with Crippen molar-refractivity contribution >= 4 is 5.91 Å². The molecule has 1 aliphatic rings. The van der Waals surface area contributed by atoms with Crippen LogP contribution in [0.1, 0.15) is 11.7 Å². The van der Waals surface area contributed by atoms with E-state index in [9.17, 15) is 18.7 Å². The number of halogens is 2. The first-order valence-electron chi connectivity index (χ1n) is 7.13. The molecule has 5 nitrogen and oxygen atoms in total. The fourth-order valence-corrected chi connectivity index (χ4v) is 2.47. The summed E-state index contributed by atoms with van der Waals surface area (Å²) >= 11 is 0. The van der Waals surface area contributed by atoms with Crippen molar-refractivity contribution in [1.82, 2.24) is 9.80 Å². The summed E-state index contributed by atoms with van der Waals surface area (Å²) in [4.78, 5) is 15.4. The fraction of sp³-hybridized carbons (Fsp3) is 0.533. The topological polar surface area (TPSA) is 53.0 Å². The SMILES string of the molecule is COCCN1CCN(CC(O)c2ccc(F)cc2F)CC1=O. The van der Waals surface area contributed by atoms with Crippen LogP contribution in [0.2, 0.25) is 0 Å². The molecule has 0 aromatic heterocycles. The van der Waals surface area contributed by atoms with Gasteiger partial charge in [0.15, 0.2) is 0 Å². The normalized spacial score (nSPS) is 17.8. The fourth-order valence-electron chi connectivity index (χ4n) is 2.47. The van der Waals surface area contributed by atoms with Crippen molar-refractivity contribution < 1.29 is 23.4 Å². The number of carbonyl (C=O) groups excluding carboxylic acids is 1. The molecule has 122 valence electrons. The van der Waals surface area contributed by atoms with E-state index in [1.165, 1.54) is 6.07 Å². The molecule has 1 saturated heterocycles. The van der Waals surface area contributed by atoms with Crippen LogP contribution >= 0.6 is 0 Å². The molecule has 1 aliphatic heterocycles. The maximum Gasteiger partial charge on any atom is 0.236 e. The molecule has 1 heterocycles. The van der Waals surface area contributed by atoms with Gasteiger partial charge in [-0.2, -0.15) is 0 Å². The maximum atomic E-state index is 13.6. The van der Waals surface area contributed by atoms with Gasteiger partial charge in [0.25, 0.3) is 0 Å². The van der Waals surface area contributed by atoms with Gasteiger partial charge >= 0.3 is 0 Å². The minimum absolute atomic E-state index is 0.0376. The van der Waals surface area contributed by atoms with Gasteiger partial charge in [-0.25, -0.2) is 8.78 Å². The Morgan fingerprint density at radius 2 is 2.14 bits per heavy atom. The molecule has 22 heavy (non-hydrogen) atoms. The van der Waals surface area contributed by atoms with Crippen molar-refractivity contribution in [2.45, 2.75) is 6.10 Å². The number of nitrogens with zero attached hydrogens (tertiary/aromatic N) is 2. The molecule has 2 rings (SSSR count). The lowest BCUT2D eigenvalue weighted by Gasteiger charge is -2.35. The summed E-state index contributed by atoms with van der Waals surface area (Å²) < 4.78 is 31.4. The van der Waals surface area contributed by atoms with Gasteiger partial charge < -0.3 is 14.7 Å². The van der Waals surface area contributed by atoms with Gasteiger partial charge in [0.05, 0.1) is 19.3 Å². The largest absolute Gasteiger partial charge is 0.387 e. The summed E-state index contributed by atoms with van der Waals surface area (Å²) in [6, 6.07) is 3.08. The number of amides is 1. The van der Waals surface area contributed by atoms with Crippen molar-refractivity contribution in [3.8, 4) is 0 Å². The standard InChI is InChI=1S/C15H20F2N2O3/c1-22-7-6-19-5-4-18(10-15(19)21)9-14(20)12-3-2-11(16)8-13(12)17/h2-3,8,14,20H,4-7,9-10H2,1H3.